The number of imide groups is 1. The number of likely N-dealkylation sites (tertiary alicyclic amines) is 2. The van der Waals surface area contributed by atoms with Crippen molar-refractivity contribution in [1.29, 1.82) is 0 Å². The summed E-state index contributed by atoms with van der Waals surface area (Å²) in [5, 5.41) is 3.12. The van der Waals surface area contributed by atoms with Gasteiger partial charge in [-0.1, -0.05) is 27.2 Å². The van der Waals surface area contributed by atoms with Crippen molar-refractivity contribution in [3.05, 3.63) is 0 Å². The van der Waals surface area contributed by atoms with E-state index in [0.29, 0.717) is 44.4 Å². The number of hydrogen-bond acceptors (Lipinski definition) is 4. The molecule has 3 saturated heterocycles. The number of amides is 4. The van der Waals surface area contributed by atoms with E-state index in [1.165, 1.54) is 11.3 Å². The molecule has 3 rings (SSSR count). The van der Waals surface area contributed by atoms with Crippen LogP contribution in [-0.4, -0.2) is 77.4 Å². The summed E-state index contributed by atoms with van der Waals surface area (Å²) in [5.41, 5.74) is -0.791. The van der Waals surface area contributed by atoms with E-state index in [4.69, 9.17) is 0 Å². The van der Waals surface area contributed by atoms with Gasteiger partial charge in [0.15, 0.2) is 0 Å². The van der Waals surface area contributed by atoms with E-state index >= 15 is 0 Å². The molecule has 0 aromatic heterocycles. The highest BCUT2D eigenvalue weighted by Crippen LogP contribution is 2.37. The minimum atomic E-state index is -0.791. The van der Waals surface area contributed by atoms with Crippen molar-refractivity contribution in [3.63, 3.8) is 0 Å². The number of nitrogens with zero attached hydrogens (tertiary/aromatic N) is 3. The van der Waals surface area contributed by atoms with E-state index in [0.717, 1.165) is 38.6 Å². The van der Waals surface area contributed by atoms with Crippen molar-refractivity contribution in [2.75, 3.05) is 33.2 Å². The van der Waals surface area contributed by atoms with Gasteiger partial charge in [-0.3, -0.25) is 14.5 Å². The second-order valence-corrected chi connectivity index (χ2v) is 9.93. The van der Waals surface area contributed by atoms with Crippen LogP contribution in [0.5, 0.6) is 0 Å². The number of piperidine rings is 1. The summed E-state index contributed by atoms with van der Waals surface area (Å²) in [4.78, 5) is 44.5. The third kappa shape index (κ3) is 4.66. The molecule has 0 aromatic rings. The van der Waals surface area contributed by atoms with Crippen molar-refractivity contribution in [2.45, 2.75) is 83.7 Å². The van der Waals surface area contributed by atoms with E-state index in [1.54, 1.807) is 0 Å². The molecular formula is C23H40N4O3. The van der Waals surface area contributed by atoms with Gasteiger partial charge in [0.2, 0.25) is 5.91 Å². The molecule has 3 aliphatic heterocycles. The maximum Gasteiger partial charge on any atom is 0.325 e. The third-order valence-corrected chi connectivity index (χ3v) is 7.33. The molecule has 0 aliphatic carbocycles. The lowest BCUT2D eigenvalue weighted by molar-refractivity contribution is -0.136. The molecule has 7 nitrogen and oxygen atoms in total. The van der Waals surface area contributed by atoms with Crippen molar-refractivity contribution < 1.29 is 14.4 Å². The molecular weight excluding hydrogens is 380 g/mol. The molecule has 4 amide bonds. The van der Waals surface area contributed by atoms with Gasteiger partial charge in [-0.15, -0.1) is 0 Å². The molecule has 0 bridgehead atoms. The highest BCUT2D eigenvalue weighted by molar-refractivity contribution is 6.07. The highest BCUT2D eigenvalue weighted by Gasteiger charge is 2.55. The normalized spacial score (nSPS) is 28.6. The van der Waals surface area contributed by atoms with Crippen LogP contribution < -0.4 is 5.32 Å². The predicted molar refractivity (Wildman–Crippen MR) is 117 cm³/mol. The zero-order valence-electron chi connectivity index (χ0n) is 19.3. The summed E-state index contributed by atoms with van der Waals surface area (Å²) in [5.74, 6) is 0.611. The molecule has 7 heteroatoms. The second kappa shape index (κ2) is 9.67. The maximum absolute atomic E-state index is 13.5. The zero-order chi connectivity index (χ0) is 21.9. The quantitative estimate of drug-likeness (QED) is 0.613. The molecule has 0 radical (unpaired) electrons. The summed E-state index contributed by atoms with van der Waals surface area (Å²) in [6.45, 7) is 9.14. The Labute approximate surface area is 181 Å². The molecule has 2 atom stereocenters. The van der Waals surface area contributed by atoms with E-state index in [9.17, 15) is 14.4 Å². The van der Waals surface area contributed by atoms with Gasteiger partial charge in [-0.2, -0.15) is 0 Å². The van der Waals surface area contributed by atoms with Crippen molar-refractivity contribution in [2.24, 2.45) is 11.8 Å². The minimum Gasteiger partial charge on any atom is -0.343 e. The van der Waals surface area contributed by atoms with Gasteiger partial charge in [0, 0.05) is 32.1 Å². The average Bonchev–Trinajstić information content (AvgIpc) is 3.21. The Hall–Kier alpha value is -1.63. The fraction of sp³-hybridized carbons (Fsp3) is 0.870. The van der Waals surface area contributed by atoms with Gasteiger partial charge in [-0.05, 0) is 64.0 Å². The van der Waals surface area contributed by atoms with Crippen LogP contribution in [0.2, 0.25) is 0 Å². The topological polar surface area (TPSA) is 73.0 Å². The summed E-state index contributed by atoms with van der Waals surface area (Å²) < 4.78 is 0. The van der Waals surface area contributed by atoms with E-state index in [2.05, 4.69) is 38.0 Å². The smallest absolute Gasteiger partial charge is 0.325 e. The number of nitrogens with one attached hydrogen (secondary N) is 1. The fourth-order valence-corrected chi connectivity index (χ4v) is 5.61. The zero-order valence-corrected chi connectivity index (χ0v) is 19.3. The first-order valence-electron chi connectivity index (χ1n) is 11.9. The molecule has 3 heterocycles. The van der Waals surface area contributed by atoms with E-state index in [-0.39, 0.29) is 23.8 Å². The summed E-state index contributed by atoms with van der Waals surface area (Å²) >= 11 is 0. The molecule has 30 heavy (non-hydrogen) atoms. The molecule has 0 saturated carbocycles. The summed E-state index contributed by atoms with van der Waals surface area (Å²) in [6, 6.07) is 0.231. The van der Waals surface area contributed by atoms with Gasteiger partial charge in [-0.25, -0.2) is 4.79 Å². The minimum absolute atomic E-state index is 0.0399. The number of hydrogen-bond donors (Lipinski definition) is 1. The molecule has 1 N–H and O–H groups in total. The van der Waals surface area contributed by atoms with E-state index < -0.39 is 5.54 Å². The predicted octanol–water partition coefficient (Wildman–Crippen LogP) is 2.85. The van der Waals surface area contributed by atoms with Crippen LogP contribution in [0.25, 0.3) is 0 Å². The number of urea groups is 1. The molecule has 3 fully saturated rings. The monoisotopic (exact) mass is 420 g/mol. The van der Waals surface area contributed by atoms with Crippen molar-refractivity contribution in [1.82, 2.24) is 20.0 Å². The molecule has 0 spiro atoms. The van der Waals surface area contributed by atoms with Gasteiger partial charge >= 0.3 is 6.03 Å². The molecule has 3 aliphatic rings. The Morgan fingerprint density at radius 3 is 2.43 bits per heavy atom. The first-order valence-corrected chi connectivity index (χ1v) is 11.9. The Kier molecular flexibility index (Phi) is 7.43. The Morgan fingerprint density at radius 1 is 1.17 bits per heavy atom. The van der Waals surface area contributed by atoms with Crippen LogP contribution in [0.4, 0.5) is 4.79 Å². The van der Waals surface area contributed by atoms with Crippen LogP contribution in [0.1, 0.15) is 72.1 Å². The largest absolute Gasteiger partial charge is 0.343 e. The highest BCUT2D eigenvalue weighted by atomic mass is 16.2. The molecule has 2 unspecified atom stereocenters. The number of carbonyl (C=O) groups is 3. The first kappa shape index (κ1) is 23.0. The summed E-state index contributed by atoms with van der Waals surface area (Å²) in [6.07, 6.45) is 6.81. The SMILES string of the molecule is CCCC1(C2CCN(C(=O)CC(C)C)CC2)NC(=O)N(CCC2CCCN2C)C1=O. The lowest BCUT2D eigenvalue weighted by atomic mass is 9.74. The van der Waals surface area contributed by atoms with Crippen LogP contribution in [0.3, 0.4) is 0 Å². The lowest BCUT2D eigenvalue weighted by Gasteiger charge is -2.41. The second-order valence-electron chi connectivity index (χ2n) is 9.93. The fourth-order valence-electron chi connectivity index (χ4n) is 5.61. The van der Waals surface area contributed by atoms with Crippen LogP contribution >= 0.6 is 0 Å². The summed E-state index contributed by atoms with van der Waals surface area (Å²) in [7, 11) is 2.12. The maximum atomic E-state index is 13.5. The Balaban J connectivity index is 1.64. The molecule has 170 valence electrons. The third-order valence-electron chi connectivity index (χ3n) is 7.33. The Bertz CT molecular complexity index is 644. The van der Waals surface area contributed by atoms with Crippen molar-refractivity contribution >= 4 is 17.8 Å². The average molecular weight is 421 g/mol. The standard InChI is InChI=1S/C23H40N4O3/c1-5-11-23(18-8-13-26(14-9-18)20(28)16-17(2)3)21(29)27(22(30)24-23)15-10-19-7-6-12-25(19)4/h17-19H,5-16H2,1-4H3,(H,24,30). The van der Waals surface area contributed by atoms with Gasteiger partial charge in [0.1, 0.15) is 5.54 Å². The van der Waals surface area contributed by atoms with Gasteiger partial charge < -0.3 is 15.1 Å². The van der Waals surface area contributed by atoms with Crippen LogP contribution in [0.15, 0.2) is 0 Å². The molecule has 0 aromatic carbocycles. The first-order chi connectivity index (χ1) is 14.3. The van der Waals surface area contributed by atoms with Crippen LogP contribution in [-0.2, 0) is 9.59 Å². The number of rotatable bonds is 8. The van der Waals surface area contributed by atoms with Crippen LogP contribution in [0, 0.1) is 11.8 Å². The van der Waals surface area contributed by atoms with E-state index in [1.807, 2.05) is 4.90 Å². The number of carbonyl (C=O) groups excluding carboxylic acids is 3. The van der Waals surface area contributed by atoms with Gasteiger partial charge in [0.05, 0.1) is 0 Å². The lowest BCUT2D eigenvalue weighted by Crippen LogP contribution is -2.56. The van der Waals surface area contributed by atoms with Crippen molar-refractivity contribution in [3.8, 4) is 0 Å². The Morgan fingerprint density at radius 2 is 1.87 bits per heavy atom. The van der Waals surface area contributed by atoms with Gasteiger partial charge in [0.25, 0.3) is 5.91 Å².